The van der Waals surface area contributed by atoms with Crippen molar-refractivity contribution in [2.75, 3.05) is 36.5 Å². The van der Waals surface area contributed by atoms with Crippen LogP contribution in [0.5, 0.6) is 0 Å². The molecule has 0 atom stereocenters. The van der Waals surface area contributed by atoms with E-state index in [-0.39, 0.29) is 5.56 Å². The number of aromatic amines is 1. The summed E-state index contributed by atoms with van der Waals surface area (Å²) in [5.74, 6) is 0.541. The van der Waals surface area contributed by atoms with Crippen molar-refractivity contribution in [2.24, 2.45) is 0 Å². The number of thiazole rings is 1. The van der Waals surface area contributed by atoms with Gasteiger partial charge in [0.2, 0.25) is 0 Å². The molecule has 4 aromatic rings. The van der Waals surface area contributed by atoms with E-state index < -0.39 is 0 Å². The summed E-state index contributed by atoms with van der Waals surface area (Å²) >= 11 is 1.61. The fraction of sp³-hybridized carbons (Fsp3) is 0.261. The molecule has 0 radical (unpaired) electrons. The van der Waals surface area contributed by atoms with Crippen molar-refractivity contribution in [3.05, 3.63) is 63.7 Å². The van der Waals surface area contributed by atoms with Crippen molar-refractivity contribution in [1.29, 1.82) is 0 Å². The van der Waals surface area contributed by atoms with E-state index in [0.717, 1.165) is 64.3 Å². The molecule has 1 aliphatic rings. The number of aromatic nitrogens is 3. The molecule has 0 amide bonds. The number of hydrogen-bond acceptors (Lipinski definition) is 7. The van der Waals surface area contributed by atoms with Crippen molar-refractivity contribution in [1.82, 2.24) is 15.0 Å². The van der Waals surface area contributed by atoms with Gasteiger partial charge in [0.15, 0.2) is 0 Å². The van der Waals surface area contributed by atoms with E-state index >= 15 is 0 Å². The molecule has 5 rings (SSSR count). The Morgan fingerprint density at radius 2 is 1.87 bits per heavy atom. The SMILES string of the molecule is Cc1nc(C)c(-c2cc3cc[nH]c(=O)c3c(Nc3ccc(N4CCOCC4)cc3)n2)s1. The molecule has 0 spiro atoms. The Hall–Kier alpha value is -3.23. The minimum atomic E-state index is -0.166. The number of benzene rings is 1. The molecule has 1 fully saturated rings. The Morgan fingerprint density at radius 1 is 1.10 bits per heavy atom. The van der Waals surface area contributed by atoms with Gasteiger partial charge < -0.3 is 19.9 Å². The van der Waals surface area contributed by atoms with Crippen LogP contribution in [0.3, 0.4) is 0 Å². The quantitative estimate of drug-likeness (QED) is 0.501. The van der Waals surface area contributed by atoms with Crippen molar-refractivity contribution in [2.45, 2.75) is 13.8 Å². The highest BCUT2D eigenvalue weighted by atomic mass is 32.1. The number of rotatable bonds is 4. The third kappa shape index (κ3) is 3.92. The fourth-order valence-corrected chi connectivity index (χ4v) is 4.78. The number of aryl methyl sites for hydroxylation is 2. The topological polar surface area (TPSA) is 83.1 Å². The van der Waals surface area contributed by atoms with E-state index in [4.69, 9.17) is 9.72 Å². The van der Waals surface area contributed by atoms with Gasteiger partial charge in [-0.15, -0.1) is 11.3 Å². The fourth-order valence-electron chi connectivity index (χ4n) is 3.90. The molecule has 7 nitrogen and oxygen atoms in total. The normalized spacial score (nSPS) is 14.2. The summed E-state index contributed by atoms with van der Waals surface area (Å²) in [6, 6.07) is 12.1. The molecule has 1 aromatic carbocycles. The Morgan fingerprint density at radius 3 is 2.58 bits per heavy atom. The van der Waals surface area contributed by atoms with E-state index in [1.54, 1.807) is 17.5 Å². The van der Waals surface area contributed by atoms with Crippen LogP contribution in [-0.4, -0.2) is 41.3 Å². The third-order valence-electron chi connectivity index (χ3n) is 5.40. The molecular weight excluding hydrogens is 410 g/mol. The first-order valence-corrected chi connectivity index (χ1v) is 11.1. The van der Waals surface area contributed by atoms with Gasteiger partial charge in [-0.2, -0.15) is 0 Å². The molecule has 0 bridgehead atoms. The summed E-state index contributed by atoms with van der Waals surface area (Å²) in [6.07, 6.45) is 1.67. The number of nitrogens with zero attached hydrogens (tertiary/aromatic N) is 3. The molecule has 3 aromatic heterocycles. The number of fused-ring (bicyclic) bond motifs is 1. The van der Waals surface area contributed by atoms with Crippen LogP contribution in [0, 0.1) is 13.8 Å². The van der Waals surface area contributed by atoms with Gasteiger partial charge in [-0.3, -0.25) is 4.79 Å². The van der Waals surface area contributed by atoms with Crippen molar-refractivity contribution >= 4 is 39.3 Å². The van der Waals surface area contributed by atoms with Crippen LogP contribution in [0.4, 0.5) is 17.2 Å². The maximum atomic E-state index is 12.6. The van der Waals surface area contributed by atoms with Gasteiger partial charge in [-0.25, -0.2) is 9.97 Å². The molecule has 1 aliphatic heterocycles. The van der Waals surface area contributed by atoms with Crippen LogP contribution in [0.2, 0.25) is 0 Å². The molecule has 0 saturated carbocycles. The van der Waals surface area contributed by atoms with Crippen LogP contribution >= 0.6 is 11.3 Å². The minimum absolute atomic E-state index is 0.166. The Bertz CT molecular complexity index is 1290. The van der Waals surface area contributed by atoms with Crippen molar-refractivity contribution < 1.29 is 4.74 Å². The van der Waals surface area contributed by atoms with Crippen LogP contribution < -0.4 is 15.8 Å². The molecule has 0 aliphatic carbocycles. The average Bonchev–Trinajstić information content (AvgIpc) is 3.12. The lowest BCUT2D eigenvalue weighted by atomic mass is 10.1. The van der Waals surface area contributed by atoms with Crippen LogP contribution in [0.15, 0.2) is 47.4 Å². The lowest BCUT2D eigenvalue weighted by Crippen LogP contribution is -2.36. The number of hydrogen-bond donors (Lipinski definition) is 2. The van der Waals surface area contributed by atoms with Gasteiger partial charge in [-0.05, 0) is 55.6 Å². The Labute approximate surface area is 183 Å². The number of nitrogens with one attached hydrogen (secondary N) is 2. The van der Waals surface area contributed by atoms with Gasteiger partial charge in [-0.1, -0.05) is 0 Å². The first-order valence-electron chi connectivity index (χ1n) is 10.2. The summed E-state index contributed by atoms with van der Waals surface area (Å²) < 4.78 is 5.44. The first kappa shape index (κ1) is 19.7. The third-order valence-corrected chi connectivity index (χ3v) is 6.49. The molecule has 31 heavy (non-hydrogen) atoms. The van der Waals surface area contributed by atoms with Crippen molar-refractivity contribution in [3.8, 4) is 10.6 Å². The monoisotopic (exact) mass is 433 g/mol. The maximum Gasteiger partial charge on any atom is 0.259 e. The lowest BCUT2D eigenvalue weighted by Gasteiger charge is -2.28. The number of H-pyrrole nitrogens is 1. The predicted molar refractivity (Wildman–Crippen MR) is 126 cm³/mol. The van der Waals surface area contributed by atoms with E-state index in [1.807, 2.05) is 38.1 Å². The second-order valence-corrected chi connectivity index (χ2v) is 8.75. The van der Waals surface area contributed by atoms with Gasteiger partial charge in [0.25, 0.3) is 5.56 Å². The van der Waals surface area contributed by atoms with E-state index in [0.29, 0.717) is 11.2 Å². The highest BCUT2D eigenvalue weighted by Gasteiger charge is 2.15. The summed E-state index contributed by atoms with van der Waals surface area (Å²) in [4.78, 5) is 28.1. The summed E-state index contributed by atoms with van der Waals surface area (Å²) in [6.45, 7) is 7.26. The molecule has 8 heteroatoms. The van der Waals surface area contributed by atoms with Crippen LogP contribution in [0.1, 0.15) is 10.7 Å². The Balaban J connectivity index is 1.54. The second kappa shape index (κ2) is 8.13. The smallest absolute Gasteiger partial charge is 0.259 e. The van der Waals surface area contributed by atoms with E-state index in [1.165, 1.54) is 0 Å². The molecule has 0 unspecified atom stereocenters. The zero-order valence-electron chi connectivity index (χ0n) is 17.4. The molecule has 2 N–H and O–H groups in total. The van der Waals surface area contributed by atoms with Crippen molar-refractivity contribution in [3.63, 3.8) is 0 Å². The van der Waals surface area contributed by atoms with E-state index in [9.17, 15) is 4.79 Å². The summed E-state index contributed by atoms with van der Waals surface area (Å²) in [7, 11) is 0. The highest BCUT2D eigenvalue weighted by Crippen LogP contribution is 2.33. The zero-order chi connectivity index (χ0) is 21.4. The van der Waals surface area contributed by atoms with Crippen LogP contribution in [-0.2, 0) is 4.74 Å². The minimum Gasteiger partial charge on any atom is -0.378 e. The number of morpholine rings is 1. The highest BCUT2D eigenvalue weighted by molar-refractivity contribution is 7.15. The Kier molecular flexibility index (Phi) is 5.17. The van der Waals surface area contributed by atoms with Crippen LogP contribution in [0.25, 0.3) is 21.3 Å². The average molecular weight is 434 g/mol. The number of pyridine rings is 2. The molecule has 1 saturated heterocycles. The molecular formula is C23H23N5O2S. The van der Waals surface area contributed by atoms with E-state index in [2.05, 4.69) is 32.3 Å². The summed E-state index contributed by atoms with van der Waals surface area (Å²) in [5, 5.41) is 5.74. The van der Waals surface area contributed by atoms with Gasteiger partial charge in [0.05, 0.1) is 39.9 Å². The summed E-state index contributed by atoms with van der Waals surface area (Å²) in [5.41, 5.74) is 3.63. The standard InChI is InChI=1S/C23H23N5O2S/c1-14-21(31-15(2)25-14)19-13-16-7-8-24-23(29)20(16)22(27-19)26-17-3-5-18(6-4-17)28-9-11-30-12-10-28/h3-8,13H,9-12H2,1-2H3,(H,24,29)(H,26,27). The zero-order valence-corrected chi connectivity index (χ0v) is 18.3. The number of anilines is 3. The van der Waals surface area contributed by atoms with Gasteiger partial charge in [0.1, 0.15) is 5.82 Å². The lowest BCUT2D eigenvalue weighted by molar-refractivity contribution is 0.122. The predicted octanol–water partition coefficient (Wildman–Crippen LogP) is 4.24. The second-order valence-electron chi connectivity index (χ2n) is 7.55. The molecule has 4 heterocycles. The number of ether oxygens (including phenoxy) is 1. The maximum absolute atomic E-state index is 12.6. The van der Waals surface area contributed by atoms with Gasteiger partial charge in [0, 0.05) is 30.7 Å². The first-order chi connectivity index (χ1) is 15.1. The largest absolute Gasteiger partial charge is 0.378 e. The van der Waals surface area contributed by atoms with Gasteiger partial charge >= 0.3 is 0 Å². The molecule has 158 valence electrons.